The molecule has 0 saturated carbocycles. The Morgan fingerprint density at radius 1 is 1.64 bits per heavy atom. The van der Waals surface area contributed by atoms with Crippen LogP contribution in [0.25, 0.3) is 0 Å². The molecule has 0 aromatic rings. The third kappa shape index (κ3) is 2.27. The Hall–Kier alpha value is -0.410. The van der Waals surface area contributed by atoms with Crippen LogP contribution in [0.1, 0.15) is 13.8 Å². The summed E-state index contributed by atoms with van der Waals surface area (Å²) >= 11 is 0. The minimum atomic E-state index is 0.0474. The second kappa shape index (κ2) is 3.83. The SMILES string of the molecule is CC(C)N1CCNC(C=O)C1. The smallest absolute Gasteiger partial charge is 0.138 e. The molecule has 3 heteroatoms. The van der Waals surface area contributed by atoms with Crippen molar-refractivity contribution in [2.45, 2.75) is 25.9 Å². The Labute approximate surface area is 67.8 Å². The van der Waals surface area contributed by atoms with E-state index in [0.29, 0.717) is 6.04 Å². The van der Waals surface area contributed by atoms with Gasteiger partial charge < -0.3 is 10.1 Å². The second-order valence-corrected chi connectivity index (χ2v) is 3.29. The van der Waals surface area contributed by atoms with Gasteiger partial charge in [0.2, 0.25) is 0 Å². The van der Waals surface area contributed by atoms with Crippen molar-refractivity contribution < 1.29 is 4.79 Å². The van der Waals surface area contributed by atoms with Crippen molar-refractivity contribution in [3.05, 3.63) is 0 Å². The fraction of sp³-hybridized carbons (Fsp3) is 0.875. The van der Waals surface area contributed by atoms with Crippen LogP contribution < -0.4 is 5.32 Å². The Bertz CT molecular complexity index is 136. The summed E-state index contributed by atoms with van der Waals surface area (Å²) in [6.07, 6.45) is 0.995. The van der Waals surface area contributed by atoms with E-state index in [2.05, 4.69) is 24.1 Å². The highest BCUT2D eigenvalue weighted by atomic mass is 16.1. The maximum atomic E-state index is 10.4. The third-order valence-electron chi connectivity index (χ3n) is 2.13. The molecule has 0 aromatic heterocycles. The molecule has 1 rings (SSSR count). The zero-order valence-electron chi connectivity index (χ0n) is 7.21. The van der Waals surface area contributed by atoms with Crippen LogP contribution in [0.3, 0.4) is 0 Å². The summed E-state index contributed by atoms with van der Waals surface area (Å²) in [5.74, 6) is 0. The van der Waals surface area contributed by atoms with Gasteiger partial charge in [0.15, 0.2) is 0 Å². The number of piperazine rings is 1. The molecule has 1 saturated heterocycles. The molecular formula is C8H16N2O. The number of nitrogens with zero attached hydrogens (tertiary/aromatic N) is 1. The lowest BCUT2D eigenvalue weighted by Crippen LogP contribution is -2.53. The molecule has 11 heavy (non-hydrogen) atoms. The van der Waals surface area contributed by atoms with E-state index < -0.39 is 0 Å². The number of hydrogen-bond acceptors (Lipinski definition) is 3. The molecule has 0 amide bonds. The number of aldehydes is 1. The summed E-state index contributed by atoms with van der Waals surface area (Å²) in [6.45, 7) is 7.17. The van der Waals surface area contributed by atoms with E-state index >= 15 is 0 Å². The van der Waals surface area contributed by atoms with Gasteiger partial charge in [0, 0.05) is 25.7 Å². The zero-order chi connectivity index (χ0) is 8.27. The molecule has 1 aliphatic heterocycles. The highest BCUT2D eigenvalue weighted by Gasteiger charge is 2.19. The van der Waals surface area contributed by atoms with Crippen molar-refractivity contribution in [1.29, 1.82) is 0 Å². The van der Waals surface area contributed by atoms with Crippen LogP contribution in [0.2, 0.25) is 0 Å². The molecule has 3 nitrogen and oxygen atoms in total. The molecule has 0 radical (unpaired) electrons. The standard InChI is InChI=1S/C8H16N2O/c1-7(2)10-4-3-9-8(5-10)6-11/h6-9H,3-5H2,1-2H3. The summed E-state index contributed by atoms with van der Waals surface area (Å²) in [5.41, 5.74) is 0. The number of carbonyl (C=O) groups is 1. The molecular weight excluding hydrogens is 140 g/mol. The summed E-state index contributed by atoms with van der Waals surface area (Å²) in [7, 11) is 0. The van der Waals surface area contributed by atoms with Crippen LogP contribution in [0.5, 0.6) is 0 Å². The predicted octanol–water partition coefficient (Wildman–Crippen LogP) is -0.132. The first-order chi connectivity index (χ1) is 5.24. The van der Waals surface area contributed by atoms with Crippen molar-refractivity contribution >= 4 is 6.29 Å². The van der Waals surface area contributed by atoms with Crippen molar-refractivity contribution in [2.24, 2.45) is 0 Å². The van der Waals surface area contributed by atoms with Crippen LogP contribution in [-0.4, -0.2) is 42.9 Å². The van der Waals surface area contributed by atoms with Gasteiger partial charge in [0.05, 0.1) is 6.04 Å². The van der Waals surface area contributed by atoms with Crippen LogP contribution >= 0.6 is 0 Å². The number of rotatable bonds is 2. The minimum absolute atomic E-state index is 0.0474. The van der Waals surface area contributed by atoms with Crippen LogP contribution in [0.4, 0.5) is 0 Å². The highest BCUT2D eigenvalue weighted by Crippen LogP contribution is 2.02. The lowest BCUT2D eigenvalue weighted by molar-refractivity contribution is -0.110. The quantitative estimate of drug-likeness (QED) is 0.565. The van der Waals surface area contributed by atoms with Gasteiger partial charge >= 0.3 is 0 Å². The van der Waals surface area contributed by atoms with E-state index in [-0.39, 0.29) is 6.04 Å². The van der Waals surface area contributed by atoms with Gasteiger partial charge in [-0.05, 0) is 13.8 Å². The van der Waals surface area contributed by atoms with Gasteiger partial charge in [-0.25, -0.2) is 0 Å². The van der Waals surface area contributed by atoms with E-state index in [1.807, 2.05) is 0 Å². The van der Waals surface area contributed by atoms with Gasteiger partial charge in [-0.1, -0.05) is 0 Å². The van der Waals surface area contributed by atoms with E-state index in [9.17, 15) is 4.79 Å². The number of hydrogen-bond donors (Lipinski definition) is 1. The van der Waals surface area contributed by atoms with Gasteiger partial charge in [-0.3, -0.25) is 4.90 Å². The van der Waals surface area contributed by atoms with Crippen LogP contribution in [0.15, 0.2) is 0 Å². The predicted molar refractivity (Wildman–Crippen MR) is 44.6 cm³/mol. The van der Waals surface area contributed by atoms with E-state index in [0.717, 1.165) is 25.9 Å². The van der Waals surface area contributed by atoms with E-state index in [1.54, 1.807) is 0 Å². The van der Waals surface area contributed by atoms with E-state index in [4.69, 9.17) is 0 Å². The zero-order valence-corrected chi connectivity index (χ0v) is 7.21. The van der Waals surface area contributed by atoms with Crippen LogP contribution in [0, 0.1) is 0 Å². The molecule has 1 aliphatic rings. The van der Waals surface area contributed by atoms with Gasteiger partial charge in [-0.2, -0.15) is 0 Å². The monoisotopic (exact) mass is 156 g/mol. The molecule has 0 aromatic carbocycles. The largest absolute Gasteiger partial charge is 0.305 e. The second-order valence-electron chi connectivity index (χ2n) is 3.29. The Kier molecular flexibility index (Phi) is 3.02. The Morgan fingerprint density at radius 3 is 2.91 bits per heavy atom. The Balaban J connectivity index is 2.39. The normalized spacial score (nSPS) is 27.4. The van der Waals surface area contributed by atoms with Crippen molar-refractivity contribution in [3.8, 4) is 0 Å². The molecule has 1 atom stereocenters. The van der Waals surface area contributed by atoms with Gasteiger partial charge in [-0.15, -0.1) is 0 Å². The Morgan fingerprint density at radius 2 is 2.36 bits per heavy atom. The number of nitrogens with one attached hydrogen (secondary N) is 1. The molecule has 0 aliphatic carbocycles. The van der Waals surface area contributed by atoms with E-state index in [1.165, 1.54) is 0 Å². The summed E-state index contributed by atoms with van der Waals surface area (Å²) in [5, 5.41) is 3.14. The fourth-order valence-electron chi connectivity index (χ4n) is 1.36. The third-order valence-corrected chi connectivity index (χ3v) is 2.13. The fourth-order valence-corrected chi connectivity index (χ4v) is 1.36. The average Bonchev–Trinajstić information content (AvgIpc) is 2.05. The molecule has 0 bridgehead atoms. The molecule has 1 fully saturated rings. The lowest BCUT2D eigenvalue weighted by atomic mass is 10.2. The van der Waals surface area contributed by atoms with Gasteiger partial charge in [0.25, 0.3) is 0 Å². The summed E-state index contributed by atoms with van der Waals surface area (Å²) < 4.78 is 0. The molecule has 1 heterocycles. The molecule has 1 N–H and O–H groups in total. The van der Waals surface area contributed by atoms with Crippen LogP contribution in [-0.2, 0) is 4.79 Å². The summed E-state index contributed by atoms with van der Waals surface area (Å²) in [4.78, 5) is 12.8. The first-order valence-corrected chi connectivity index (χ1v) is 4.16. The van der Waals surface area contributed by atoms with Gasteiger partial charge in [0.1, 0.15) is 6.29 Å². The maximum Gasteiger partial charge on any atom is 0.138 e. The average molecular weight is 156 g/mol. The topological polar surface area (TPSA) is 32.3 Å². The molecule has 64 valence electrons. The maximum absolute atomic E-state index is 10.4. The number of carbonyl (C=O) groups excluding carboxylic acids is 1. The minimum Gasteiger partial charge on any atom is -0.305 e. The highest BCUT2D eigenvalue weighted by molar-refractivity contribution is 5.58. The van der Waals surface area contributed by atoms with Crippen molar-refractivity contribution in [1.82, 2.24) is 10.2 Å². The first kappa shape index (κ1) is 8.68. The van der Waals surface area contributed by atoms with Crippen molar-refractivity contribution in [2.75, 3.05) is 19.6 Å². The molecule has 1 unspecified atom stereocenters. The molecule has 0 spiro atoms. The lowest BCUT2D eigenvalue weighted by Gasteiger charge is -2.33. The first-order valence-electron chi connectivity index (χ1n) is 4.16. The summed E-state index contributed by atoms with van der Waals surface area (Å²) in [6, 6.07) is 0.602. The van der Waals surface area contributed by atoms with Crippen molar-refractivity contribution in [3.63, 3.8) is 0 Å².